The summed E-state index contributed by atoms with van der Waals surface area (Å²) in [6.45, 7) is 1.54. The zero-order valence-corrected chi connectivity index (χ0v) is 5.91. The van der Waals surface area contributed by atoms with Crippen LogP contribution in [-0.2, 0) is 4.79 Å². The maximum absolute atomic E-state index is 10.5. The van der Waals surface area contributed by atoms with Gasteiger partial charge in [0, 0.05) is 0 Å². The van der Waals surface area contributed by atoms with Crippen LogP contribution in [0.4, 0.5) is 0 Å². The summed E-state index contributed by atoms with van der Waals surface area (Å²) >= 11 is 10.3. The second-order valence-electron chi connectivity index (χ2n) is 1.49. The molecule has 0 aliphatic carbocycles. The van der Waals surface area contributed by atoms with E-state index < -0.39 is 10.9 Å². The lowest BCUT2D eigenvalue weighted by Gasteiger charge is -2.01. The summed E-state index contributed by atoms with van der Waals surface area (Å²) in [5.74, 6) is -0.340. The third-order valence-electron chi connectivity index (χ3n) is 0.664. The number of hydrogen-bond acceptors (Lipinski definition) is 2. The van der Waals surface area contributed by atoms with Crippen LogP contribution in [0.1, 0.15) is 6.92 Å². The summed E-state index contributed by atoms with van der Waals surface area (Å²) in [5, 5.41) is 0. The highest BCUT2D eigenvalue weighted by Gasteiger charge is 2.14. The second kappa shape index (κ2) is 3.28. The van der Waals surface area contributed by atoms with E-state index in [1.807, 2.05) is 0 Å². The smallest absolute Gasteiger partial charge is 0.181 e. The monoisotopic (exact) mass is 155 g/mol. The van der Waals surface area contributed by atoms with Gasteiger partial charge in [0.2, 0.25) is 0 Å². The number of carbonyl (C=O) groups excluding carboxylic acids is 1. The minimum absolute atomic E-state index is 0.340. The summed E-state index contributed by atoms with van der Waals surface area (Å²) in [5.41, 5.74) is 5.12. The van der Waals surface area contributed by atoms with Crippen LogP contribution in [0, 0.1) is 0 Å². The van der Waals surface area contributed by atoms with Crippen molar-refractivity contribution in [3.63, 3.8) is 0 Å². The quantitative estimate of drug-likeness (QED) is 0.598. The number of ketones is 1. The van der Waals surface area contributed by atoms with Gasteiger partial charge in [0.15, 0.2) is 10.6 Å². The van der Waals surface area contributed by atoms with Gasteiger partial charge in [-0.2, -0.15) is 0 Å². The number of carbonyl (C=O) groups is 1. The number of hydrogen-bond donors (Lipinski definition) is 1. The first-order valence-corrected chi connectivity index (χ1v) is 3.00. The van der Waals surface area contributed by atoms with Crippen molar-refractivity contribution < 1.29 is 4.79 Å². The fourth-order valence-electron chi connectivity index (χ4n) is 0.199. The van der Waals surface area contributed by atoms with Crippen LogP contribution < -0.4 is 5.73 Å². The van der Waals surface area contributed by atoms with Gasteiger partial charge >= 0.3 is 0 Å². The molecule has 2 nitrogen and oxygen atoms in total. The summed E-state index contributed by atoms with van der Waals surface area (Å²) < 4.78 is 0. The van der Waals surface area contributed by atoms with Gasteiger partial charge in [-0.15, -0.1) is 0 Å². The van der Waals surface area contributed by atoms with E-state index in [0.717, 1.165) is 0 Å². The van der Waals surface area contributed by atoms with Gasteiger partial charge in [-0.25, -0.2) is 0 Å². The van der Waals surface area contributed by atoms with E-state index in [-0.39, 0.29) is 5.78 Å². The summed E-state index contributed by atoms with van der Waals surface area (Å²) in [7, 11) is 0. The van der Waals surface area contributed by atoms with Gasteiger partial charge in [0.05, 0.1) is 6.04 Å². The molecule has 0 aliphatic rings. The molecular weight excluding hydrogens is 149 g/mol. The Bertz CT molecular complexity index is 82.0. The summed E-state index contributed by atoms with van der Waals surface area (Å²) in [6.07, 6.45) is 0. The molecule has 0 spiro atoms. The van der Waals surface area contributed by atoms with Crippen molar-refractivity contribution in [2.75, 3.05) is 0 Å². The van der Waals surface area contributed by atoms with E-state index in [1.165, 1.54) is 0 Å². The fourth-order valence-corrected chi connectivity index (χ4v) is 0.596. The van der Waals surface area contributed by atoms with Crippen molar-refractivity contribution in [1.82, 2.24) is 0 Å². The van der Waals surface area contributed by atoms with Crippen LogP contribution in [-0.4, -0.2) is 16.7 Å². The summed E-state index contributed by atoms with van der Waals surface area (Å²) in [4.78, 5) is 9.48. The lowest BCUT2D eigenvalue weighted by molar-refractivity contribution is -0.118. The Morgan fingerprint density at radius 1 is 1.62 bits per heavy atom. The molecule has 0 amide bonds. The van der Waals surface area contributed by atoms with Gasteiger partial charge in [-0.05, 0) is 6.92 Å². The molecule has 8 heavy (non-hydrogen) atoms. The van der Waals surface area contributed by atoms with Crippen molar-refractivity contribution >= 4 is 29.0 Å². The Morgan fingerprint density at radius 2 is 2.00 bits per heavy atom. The number of alkyl halides is 2. The van der Waals surface area contributed by atoms with Gasteiger partial charge < -0.3 is 5.73 Å². The van der Waals surface area contributed by atoms with Crippen molar-refractivity contribution in [1.29, 1.82) is 0 Å². The van der Waals surface area contributed by atoms with Crippen LogP contribution in [0.25, 0.3) is 0 Å². The molecule has 0 bridgehead atoms. The van der Waals surface area contributed by atoms with Crippen LogP contribution in [0.5, 0.6) is 0 Å². The molecule has 0 saturated heterocycles. The van der Waals surface area contributed by atoms with Gasteiger partial charge in [0.1, 0.15) is 0 Å². The van der Waals surface area contributed by atoms with Crippen LogP contribution in [0.2, 0.25) is 0 Å². The molecule has 0 rings (SSSR count). The number of rotatable bonds is 2. The number of nitrogens with two attached hydrogens (primary N) is 1. The normalized spacial score (nSPS) is 14.1. The first kappa shape index (κ1) is 8.21. The van der Waals surface area contributed by atoms with E-state index in [0.29, 0.717) is 0 Å². The fraction of sp³-hybridized carbons (Fsp3) is 0.750. The van der Waals surface area contributed by atoms with Gasteiger partial charge in [-0.1, -0.05) is 23.2 Å². The molecule has 1 atom stereocenters. The standard InChI is InChI=1S/C4H7Cl2NO/c1-2(7)3(8)4(5)6/h2,4H,7H2,1H3/t2-/m0/s1. The molecule has 0 aromatic carbocycles. The zero-order chi connectivity index (χ0) is 6.73. The molecule has 0 saturated carbocycles. The Balaban J connectivity index is 3.65. The maximum atomic E-state index is 10.5. The van der Waals surface area contributed by atoms with E-state index >= 15 is 0 Å². The maximum Gasteiger partial charge on any atom is 0.181 e. The summed E-state index contributed by atoms with van der Waals surface area (Å²) in [6, 6.07) is -0.560. The average Bonchev–Trinajstić information content (AvgIpc) is 1.64. The van der Waals surface area contributed by atoms with Gasteiger partial charge in [0.25, 0.3) is 0 Å². The minimum atomic E-state index is -0.977. The van der Waals surface area contributed by atoms with Crippen LogP contribution in [0.3, 0.4) is 0 Å². The molecule has 48 valence electrons. The Hall–Kier alpha value is 0.210. The lowest BCUT2D eigenvalue weighted by atomic mass is 10.3. The largest absolute Gasteiger partial charge is 0.322 e. The Kier molecular flexibility index (Phi) is 3.36. The highest BCUT2D eigenvalue weighted by Crippen LogP contribution is 2.03. The zero-order valence-electron chi connectivity index (χ0n) is 4.40. The van der Waals surface area contributed by atoms with Crippen molar-refractivity contribution in [2.45, 2.75) is 17.8 Å². The van der Waals surface area contributed by atoms with Crippen LogP contribution in [0.15, 0.2) is 0 Å². The first-order valence-electron chi connectivity index (χ1n) is 2.13. The minimum Gasteiger partial charge on any atom is -0.322 e. The molecule has 4 heteroatoms. The van der Waals surface area contributed by atoms with Gasteiger partial charge in [-0.3, -0.25) is 4.79 Å². The molecule has 0 aliphatic heterocycles. The predicted octanol–water partition coefficient (Wildman–Crippen LogP) is 0.706. The molecule has 0 aromatic rings. The molecule has 0 heterocycles. The lowest BCUT2D eigenvalue weighted by Crippen LogP contribution is -2.30. The third-order valence-corrected chi connectivity index (χ3v) is 1.09. The highest BCUT2D eigenvalue weighted by molar-refractivity contribution is 6.54. The SMILES string of the molecule is C[C@H](N)C(=O)C(Cl)Cl. The van der Waals surface area contributed by atoms with E-state index in [9.17, 15) is 4.79 Å². The number of Topliss-reactive ketones (excluding diaryl/α,β-unsaturated/α-hetero) is 1. The average molecular weight is 156 g/mol. The van der Waals surface area contributed by atoms with E-state index in [2.05, 4.69) is 0 Å². The molecule has 0 unspecified atom stereocenters. The molecule has 0 fully saturated rings. The topological polar surface area (TPSA) is 43.1 Å². The molecule has 0 aromatic heterocycles. The van der Waals surface area contributed by atoms with Crippen molar-refractivity contribution in [3.05, 3.63) is 0 Å². The predicted molar refractivity (Wildman–Crippen MR) is 34.2 cm³/mol. The molecule has 2 N–H and O–H groups in total. The van der Waals surface area contributed by atoms with Crippen molar-refractivity contribution in [2.24, 2.45) is 5.73 Å². The molecule has 0 radical (unpaired) electrons. The Labute approximate surface area is 57.9 Å². The second-order valence-corrected chi connectivity index (χ2v) is 2.59. The van der Waals surface area contributed by atoms with E-state index in [4.69, 9.17) is 28.9 Å². The third kappa shape index (κ3) is 2.50. The van der Waals surface area contributed by atoms with E-state index in [1.54, 1.807) is 6.92 Å². The Morgan fingerprint density at radius 3 is 2.00 bits per heavy atom. The first-order chi connectivity index (χ1) is 3.55. The van der Waals surface area contributed by atoms with Crippen molar-refractivity contribution in [3.8, 4) is 0 Å². The molecular formula is C4H7Cl2NO. The highest BCUT2D eigenvalue weighted by atomic mass is 35.5. The van der Waals surface area contributed by atoms with Crippen LogP contribution >= 0.6 is 23.2 Å². The number of halogens is 2.